The highest BCUT2D eigenvalue weighted by Gasteiger charge is 2.18. The summed E-state index contributed by atoms with van der Waals surface area (Å²) < 4.78 is 24.5. The van der Waals surface area contributed by atoms with E-state index >= 15 is 0 Å². The zero-order valence-electron chi connectivity index (χ0n) is 15.4. The Kier molecular flexibility index (Phi) is 5.54. The summed E-state index contributed by atoms with van der Waals surface area (Å²) in [6.07, 6.45) is 3.18. The molecule has 0 N–H and O–H groups in total. The second-order valence-electron chi connectivity index (χ2n) is 6.35. The standard InChI is InChI=1S/C22H17N3O2S/c1-16(2)28(26,27)21-11-8-19(9-12-21)22-15-24-14-20(25-22)10-7-17-3-5-18(13-23)6-4-17/h3-6,8-9,11-12,14-16H,1-2H3. The molecule has 0 aliphatic carbocycles. The second kappa shape index (κ2) is 8.04. The number of benzene rings is 2. The van der Waals surface area contributed by atoms with Gasteiger partial charge in [-0.2, -0.15) is 5.26 Å². The molecule has 0 radical (unpaired) electrons. The molecule has 0 unspecified atom stereocenters. The highest BCUT2D eigenvalue weighted by Crippen LogP contribution is 2.21. The van der Waals surface area contributed by atoms with Crippen LogP contribution in [0.2, 0.25) is 0 Å². The lowest BCUT2D eigenvalue weighted by molar-refractivity contribution is 0.587. The van der Waals surface area contributed by atoms with Gasteiger partial charge in [0.25, 0.3) is 0 Å². The Morgan fingerprint density at radius 3 is 2.14 bits per heavy atom. The van der Waals surface area contributed by atoms with Crippen molar-refractivity contribution in [3.05, 3.63) is 77.7 Å². The first-order chi connectivity index (χ1) is 13.4. The minimum absolute atomic E-state index is 0.288. The zero-order valence-corrected chi connectivity index (χ0v) is 16.2. The molecule has 0 saturated heterocycles. The summed E-state index contributed by atoms with van der Waals surface area (Å²) >= 11 is 0. The summed E-state index contributed by atoms with van der Waals surface area (Å²) in [6, 6.07) is 15.6. The van der Waals surface area contributed by atoms with Crippen molar-refractivity contribution in [3.63, 3.8) is 0 Å². The number of sulfone groups is 1. The van der Waals surface area contributed by atoms with Gasteiger partial charge >= 0.3 is 0 Å². The van der Waals surface area contributed by atoms with Gasteiger partial charge in [-0.25, -0.2) is 13.4 Å². The highest BCUT2D eigenvalue weighted by atomic mass is 32.2. The van der Waals surface area contributed by atoms with Gasteiger partial charge in [-0.3, -0.25) is 4.98 Å². The fraction of sp³-hybridized carbons (Fsp3) is 0.136. The van der Waals surface area contributed by atoms with Gasteiger partial charge in [-0.05, 0) is 56.2 Å². The molecule has 138 valence electrons. The van der Waals surface area contributed by atoms with E-state index in [9.17, 15) is 8.42 Å². The maximum atomic E-state index is 12.2. The normalized spacial score (nSPS) is 10.8. The van der Waals surface area contributed by atoms with Crippen molar-refractivity contribution in [2.24, 2.45) is 0 Å². The topological polar surface area (TPSA) is 83.7 Å². The minimum Gasteiger partial charge on any atom is -0.259 e. The molecule has 0 fully saturated rings. The van der Waals surface area contributed by atoms with Crippen molar-refractivity contribution < 1.29 is 8.42 Å². The SMILES string of the molecule is CC(C)S(=O)(=O)c1ccc(-c2cncc(C#Cc3ccc(C#N)cc3)n2)cc1. The lowest BCUT2D eigenvalue weighted by atomic mass is 10.1. The molecule has 0 atom stereocenters. The van der Waals surface area contributed by atoms with Crippen molar-refractivity contribution >= 4 is 9.84 Å². The summed E-state index contributed by atoms with van der Waals surface area (Å²) in [5.41, 5.74) is 3.22. The molecule has 0 aliphatic heterocycles. The molecular weight excluding hydrogens is 370 g/mol. The van der Waals surface area contributed by atoms with Crippen LogP contribution in [-0.2, 0) is 9.84 Å². The Balaban J connectivity index is 1.86. The van der Waals surface area contributed by atoms with E-state index in [0.717, 1.165) is 11.1 Å². The van der Waals surface area contributed by atoms with Gasteiger partial charge in [0.05, 0.1) is 39.9 Å². The zero-order chi connectivity index (χ0) is 20.1. The van der Waals surface area contributed by atoms with Crippen LogP contribution in [-0.4, -0.2) is 23.6 Å². The number of hydrogen-bond acceptors (Lipinski definition) is 5. The van der Waals surface area contributed by atoms with Crippen LogP contribution in [0.4, 0.5) is 0 Å². The predicted molar refractivity (Wildman–Crippen MR) is 107 cm³/mol. The number of nitrogens with zero attached hydrogens (tertiary/aromatic N) is 3. The Hall–Kier alpha value is -3.48. The van der Waals surface area contributed by atoms with Gasteiger partial charge in [0.2, 0.25) is 0 Å². The van der Waals surface area contributed by atoms with E-state index in [1.807, 2.05) is 0 Å². The van der Waals surface area contributed by atoms with E-state index in [2.05, 4.69) is 27.9 Å². The van der Waals surface area contributed by atoms with Gasteiger partial charge in [-0.15, -0.1) is 0 Å². The van der Waals surface area contributed by atoms with Crippen LogP contribution < -0.4 is 0 Å². The van der Waals surface area contributed by atoms with Crippen molar-refractivity contribution in [2.75, 3.05) is 0 Å². The van der Waals surface area contributed by atoms with Gasteiger partial charge in [0.15, 0.2) is 9.84 Å². The molecule has 0 aliphatic rings. The Labute approximate surface area is 164 Å². The van der Waals surface area contributed by atoms with E-state index in [1.54, 1.807) is 74.8 Å². The minimum atomic E-state index is -3.31. The number of rotatable bonds is 3. The predicted octanol–water partition coefficient (Wildman–Crippen LogP) is 3.60. The maximum Gasteiger partial charge on any atom is 0.180 e. The van der Waals surface area contributed by atoms with E-state index in [-0.39, 0.29) is 4.90 Å². The fourth-order valence-electron chi connectivity index (χ4n) is 2.42. The molecule has 0 spiro atoms. The van der Waals surface area contributed by atoms with Crippen LogP contribution in [0.1, 0.15) is 30.7 Å². The fourth-order valence-corrected chi connectivity index (χ4v) is 3.48. The smallest absolute Gasteiger partial charge is 0.180 e. The molecule has 1 heterocycles. The lowest BCUT2D eigenvalue weighted by Crippen LogP contribution is -2.13. The van der Waals surface area contributed by atoms with E-state index in [0.29, 0.717) is 17.0 Å². The summed E-state index contributed by atoms with van der Waals surface area (Å²) in [4.78, 5) is 8.94. The quantitative estimate of drug-likeness (QED) is 0.641. The van der Waals surface area contributed by atoms with Crippen molar-refractivity contribution in [1.82, 2.24) is 9.97 Å². The summed E-state index contributed by atoms with van der Waals surface area (Å²) in [7, 11) is -3.31. The largest absolute Gasteiger partial charge is 0.259 e. The van der Waals surface area contributed by atoms with Crippen LogP contribution in [0.3, 0.4) is 0 Å². The average Bonchev–Trinajstić information content (AvgIpc) is 2.73. The van der Waals surface area contributed by atoms with Crippen molar-refractivity contribution in [1.29, 1.82) is 5.26 Å². The molecule has 0 amide bonds. The van der Waals surface area contributed by atoms with Crippen LogP contribution in [0.5, 0.6) is 0 Å². The van der Waals surface area contributed by atoms with Gasteiger partial charge in [-0.1, -0.05) is 18.1 Å². The average molecular weight is 387 g/mol. The highest BCUT2D eigenvalue weighted by molar-refractivity contribution is 7.92. The molecule has 3 aromatic rings. The van der Waals surface area contributed by atoms with Crippen molar-refractivity contribution in [3.8, 4) is 29.2 Å². The van der Waals surface area contributed by atoms with E-state index < -0.39 is 15.1 Å². The number of aromatic nitrogens is 2. The van der Waals surface area contributed by atoms with Crippen LogP contribution >= 0.6 is 0 Å². The first kappa shape index (κ1) is 19.3. The summed E-state index contributed by atoms with van der Waals surface area (Å²) in [6.45, 7) is 3.31. The molecule has 2 aromatic carbocycles. The second-order valence-corrected chi connectivity index (χ2v) is 8.85. The molecule has 28 heavy (non-hydrogen) atoms. The molecule has 5 nitrogen and oxygen atoms in total. The maximum absolute atomic E-state index is 12.2. The Morgan fingerprint density at radius 2 is 1.54 bits per heavy atom. The molecule has 0 saturated carbocycles. The first-order valence-electron chi connectivity index (χ1n) is 8.59. The Morgan fingerprint density at radius 1 is 0.893 bits per heavy atom. The molecule has 6 heteroatoms. The molecular formula is C22H17N3O2S. The van der Waals surface area contributed by atoms with Gasteiger partial charge in [0, 0.05) is 11.1 Å². The van der Waals surface area contributed by atoms with E-state index in [4.69, 9.17) is 5.26 Å². The van der Waals surface area contributed by atoms with Gasteiger partial charge in [0.1, 0.15) is 5.69 Å². The molecule has 1 aromatic heterocycles. The Bertz CT molecular complexity index is 1200. The number of nitriles is 1. The van der Waals surface area contributed by atoms with Crippen LogP contribution in [0.25, 0.3) is 11.3 Å². The third-order valence-electron chi connectivity index (χ3n) is 4.08. The van der Waals surface area contributed by atoms with Gasteiger partial charge < -0.3 is 0 Å². The van der Waals surface area contributed by atoms with Crippen LogP contribution in [0.15, 0.2) is 65.8 Å². The summed E-state index contributed by atoms with van der Waals surface area (Å²) in [5, 5.41) is 8.35. The van der Waals surface area contributed by atoms with Crippen molar-refractivity contribution in [2.45, 2.75) is 24.0 Å². The van der Waals surface area contributed by atoms with Crippen LogP contribution in [0, 0.1) is 23.2 Å². The molecule has 0 bridgehead atoms. The first-order valence-corrected chi connectivity index (χ1v) is 10.1. The lowest BCUT2D eigenvalue weighted by Gasteiger charge is -2.08. The third kappa shape index (κ3) is 4.25. The van der Waals surface area contributed by atoms with E-state index in [1.165, 1.54) is 0 Å². The third-order valence-corrected chi connectivity index (χ3v) is 6.25. The monoisotopic (exact) mass is 387 g/mol. The summed E-state index contributed by atoms with van der Waals surface area (Å²) in [5.74, 6) is 5.95. The molecule has 3 rings (SSSR count). The number of hydrogen-bond donors (Lipinski definition) is 0.